The molecule has 2 heterocycles. The molecule has 100 valence electrons. The maximum absolute atomic E-state index is 13.0. The van der Waals surface area contributed by atoms with Crippen molar-refractivity contribution in [3.05, 3.63) is 42.2 Å². The highest BCUT2D eigenvalue weighted by molar-refractivity contribution is 7.89. The molecule has 1 N–H and O–H groups in total. The van der Waals surface area contributed by atoms with Crippen LogP contribution in [0.4, 0.5) is 4.39 Å². The smallest absolute Gasteiger partial charge is 0.267 e. The first-order valence-electron chi connectivity index (χ1n) is 5.03. The van der Waals surface area contributed by atoms with E-state index in [2.05, 4.69) is 10.1 Å². The van der Waals surface area contributed by atoms with Gasteiger partial charge in [0.2, 0.25) is 10.0 Å². The lowest BCUT2D eigenvalue weighted by molar-refractivity contribution is 0.0981. The molecule has 2 aromatic rings. The van der Waals surface area contributed by atoms with Gasteiger partial charge in [-0.2, -0.15) is 5.10 Å². The number of carbonyl (C=O) groups is 1. The Kier molecular flexibility index (Phi) is 3.30. The summed E-state index contributed by atoms with van der Waals surface area (Å²) in [6, 6.07) is 1.18. The highest BCUT2D eigenvalue weighted by Gasteiger charge is 2.13. The average Bonchev–Trinajstić information content (AvgIpc) is 2.75. The molecule has 0 aliphatic carbocycles. The van der Waals surface area contributed by atoms with E-state index in [4.69, 9.17) is 0 Å². The van der Waals surface area contributed by atoms with Crippen molar-refractivity contribution < 1.29 is 17.6 Å². The first-order valence-corrected chi connectivity index (χ1v) is 6.92. The molecule has 0 fully saturated rings. The molecule has 0 atom stereocenters. The van der Waals surface area contributed by atoms with E-state index in [0.29, 0.717) is 5.69 Å². The van der Waals surface area contributed by atoms with Crippen LogP contribution in [0, 0.1) is 5.82 Å². The summed E-state index contributed by atoms with van der Waals surface area (Å²) in [5, 5.41) is 3.83. The molecule has 0 aliphatic rings. The van der Waals surface area contributed by atoms with Crippen LogP contribution in [0.3, 0.4) is 0 Å². The van der Waals surface area contributed by atoms with Gasteiger partial charge in [0.1, 0.15) is 5.82 Å². The molecule has 0 unspecified atom stereocenters. The number of halogens is 1. The van der Waals surface area contributed by atoms with E-state index in [1.54, 1.807) is 4.72 Å². The van der Waals surface area contributed by atoms with Crippen LogP contribution >= 0.6 is 0 Å². The second-order valence-electron chi connectivity index (χ2n) is 3.74. The largest absolute Gasteiger partial charge is 0.268 e. The van der Waals surface area contributed by atoms with E-state index in [9.17, 15) is 17.6 Å². The first-order chi connectivity index (χ1) is 8.85. The van der Waals surface area contributed by atoms with Gasteiger partial charge in [-0.05, 0) is 0 Å². The Morgan fingerprint density at radius 3 is 2.74 bits per heavy atom. The first kappa shape index (κ1) is 13.1. The number of pyridine rings is 1. The molecule has 0 saturated heterocycles. The van der Waals surface area contributed by atoms with Crippen molar-refractivity contribution in [3.63, 3.8) is 0 Å². The van der Waals surface area contributed by atoms with Gasteiger partial charge in [0.05, 0.1) is 36.1 Å². The Morgan fingerprint density at radius 1 is 1.37 bits per heavy atom. The van der Waals surface area contributed by atoms with Crippen molar-refractivity contribution in [2.45, 2.75) is 0 Å². The van der Waals surface area contributed by atoms with Crippen LogP contribution in [0.1, 0.15) is 10.4 Å². The zero-order chi connectivity index (χ0) is 14.0. The number of amides is 1. The number of hydrogen-bond donors (Lipinski definition) is 1. The van der Waals surface area contributed by atoms with Gasteiger partial charge in [0, 0.05) is 12.3 Å². The van der Waals surface area contributed by atoms with Crippen LogP contribution in [0.2, 0.25) is 0 Å². The molecule has 1 amide bonds. The van der Waals surface area contributed by atoms with Crippen LogP contribution in [-0.4, -0.2) is 35.3 Å². The van der Waals surface area contributed by atoms with Gasteiger partial charge in [-0.15, -0.1) is 0 Å². The van der Waals surface area contributed by atoms with Crippen LogP contribution in [0.25, 0.3) is 5.69 Å². The predicted molar refractivity (Wildman–Crippen MR) is 63.6 cm³/mol. The molecule has 9 heteroatoms. The van der Waals surface area contributed by atoms with Gasteiger partial charge in [-0.25, -0.2) is 22.2 Å². The molecule has 0 saturated carbocycles. The zero-order valence-electron chi connectivity index (χ0n) is 9.74. The van der Waals surface area contributed by atoms with Gasteiger partial charge in [0.15, 0.2) is 0 Å². The van der Waals surface area contributed by atoms with Gasteiger partial charge in [0.25, 0.3) is 5.91 Å². The van der Waals surface area contributed by atoms with Crippen molar-refractivity contribution in [2.75, 3.05) is 6.26 Å². The quantitative estimate of drug-likeness (QED) is 0.862. The Labute approximate surface area is 108 Å². The van der Waals surface area contributed by atoms with Crippen molar-refractivity contribution >= 4 is 15.9 Å². The third-order valence-corrected chi connectivity index (χ3v) is 2.63. The number of hydrogen-bond acceptors (Lipinski definition) is 5. The Morgan fingerprint density at radius 2 is 2.11 bits per heavy atom. The van der Waals surface area contributed by atoms with Gasteiger partial charge >= 0.3 is 0 Å². The van der Waals surface area contributed by atoms with E-state index in [0.717, 1.165) is 12.5 Å². The molecular weight excluding hydrogens is 275 g/mol. The second kappa shape index (κ2) is 4.76. The van der Waals surface area contributed by atoms with Gasteiger partial charge < -0.3 is 0 Å². The van der Waals surface area contributed by atoms with E-state index in [-0.39, 0.29) is 5.56 Å². The maximum atomic E-state index is 13.0. The normalized spacial score (nSPS) is 11.3. The minimum absolute atomic E-state index is 0.0367. The minimum atomic E-state index is -3.64. The van der Waals surface area contributed by atoms with E-state index in [1.165, 1.54) is 29.3 Å². The molecule has 19 heavy (non-hydrogen) atoms. The molecule has 0 bridgehead atoms. The van der Waals surface area contributed by atoms with Crippen molar-refractivity contribution in [3.8, 4) is 5.69 Å². The van der Waals surface area contributed by atoms with Crippen LogP contribution in [-0.2, 0) is 10.0 Å². The topological polar surface area (TPSA) is 94.0 Å². The fourth-order valence-corrected chi connectivity index (χ4v) is 1.79. The number of nitrogens with one attached hydrogen (secondary N) is 1. The van der Waals surface area contributed by atoms with E-state index >= 15 is 0 Å². The maximum Gasteiger partial charge on any atom is 0.267 e. The SMILES string of the molecule is CS(=O)(=O)NC(=O)c1cnn(-c2cncc(F)c2)c1. The van der Waals surface area contributed by atoms with Gasteiger partial charge in [-0.3, -0.25) is 9.78 Å². The summed E-state index contributed by atoms with van der Waals surface area (Å²) in [4.78, 5) is 15.2. The van der Waals surface area contributed by atoms with Crippen LogP contribution in [0.15, 0.2) is 30.9 Å². The number of carbonyl (C=O) groups excluding carboxylic acids is 1. The molecule has 0 aliphatic heterocycles. The van der Waals surface area contributed by atoms with Gasteiger partial charge in [-0.1, -0.05) is 0 Å². The fourth-order valence-electron chi connectivity index (χ4n) is 1.33. The summed E-state index contributed by atoms with van der Waals surface area (Å²) in [5.41, 5.74) is 0.355. The fraction of sp³-hybridized carbons (Fsp3) is 0.100. The van der Waals surface area contributed by atoms with Crippen LogP contribution < -0.4 is 4.72 Å². The number of sulfonamides is 1. The third-order valence-electron chi connectivity index (χ3n) is 2.08. The lowest BCUT2D eigenvalue weighted by Gasteiger charge is -2.00. The monoisotopic (exact) mass is 284 g/mol. The molecule has 2 aromatic heterocycles. The number of aromatic nitrogens is 3. The standard InChI is InChI=1S/C10H9FN4O3S/c1-19(17,18)14-10(16)7-3-13-15(6-7)9-2-8(11)4-12-5-9/h2-6H,1H3,(H,14,16). The molecular formula is C10H9FN4O3S. The highest BCUT2D eigenvalue weighted by atomic mass is 32.2. The van der Waals surface area contributed by atoms with Crippen molar-refractivity contribution in [1.29, 1.82) is 0 Å². The summed E-state index contributed by atoms with van der Waals surface area (Å²) in [7, 11) is -3.64. The Bertz CT molecular complexity index is 726. The molecule has 7 nitrogen and oxygen atoms in total. The average molecular weight is 284 g/mol. The molecule has 0 spiro atoms. The highest BCUT2D eigenvalue weighted by Crippen LogP contribution is 2.08. The third kappa shape index (κ3) is 3.35. The van der Waals surface area contributed by atoms with E-state index < -0.39 is 21.7 Å². The second-order valence-corrected chi connectivity index (χ2v) is 5.49. The molecule has 2 rings (SSSR count). The molecule has 0 aromatic carbocycles. The van der Waals surface area contributed by atoms with Crippen molar-refractivity contribution in [1.82, 2.24) is 19.5 Å². The Balaban J connectivity index is 2.27. The number of rotatable bonds is 3. The summed E-state index contributed by atoms with van der Waals surface area (Å²) >= 11 is 0. The van der Waals surface area contributed by atoms with Crippen molar-refractivity contribution in [2.24, 2.45) is 0 Å². The summed E-state index contributed by atoms with van der Waals surface area (Å²) in [6.07, 6.45) is 5.70. The number of nitrogens with zero attached hydrogens (tertiary/aromatic N) is 3. The lowest BCUT2D eigenvalue weighted by Crippen LogP contribution is -2.28. The molecule has 0 radical (unpaired) electrons. The summed E-state index contributed by atoms with van der Waals surface area (Å²) in [5.74, 6) is -1.35. The predicted octanol–water partition coefficient (Wildman–Crippen LogP) is 0.0958. The summed E-state index contributed by atoms with van der Waals surface area (Å²) in [6.45, 7) is 0. The minimum Gasteiger partial charge on any atom is -0.268 e. The van der Waals surface area contributed by atoms with Crippen LogP contribution in [0.5, 0.6) is 0 Å². The lowest BCUT2D eigenvalue weighted by atomic mass is 10.3. The Hall–Kier alpha value is -2.29. The summed E-state index contributed by atoms with van der Waals surface area (Å²) < 4.78 is 37.8. The van der Waals surface area contributed by atoms with E-state index in [1.807, 2.05) is 0 Å². The zero-order valence-corrected chi connectivity index (χ0v) is 10.6.